The summed E-state index contributed by atoms with van der Waals surface area (Å²) >= 11 is 0. The van der Waals surface area contributed by atoms with Crippen molar-refractivity contribution in [3.8, 4) is 5.75 Å². The fourth-order valence-corrected chi connectivity index (χ4v) is 4.68. The minimum Gasteiger partial charge on any atom is -0.492 e. The molecule has 4 rings (SSSR count). The molecule has 12 heteroatoms. The lowest BCUT2D eigenvalue weighted by Crippen LogP contribution is -2.56. The zero-order valence-corrected chi connectivity index (χ0v) is 20.6. The minimum atomic E-state index is -3.67. The van der Waals surface area contributed by atoms with Gasteiger partial charge in [0.2, 0.25) is 5.91 Å². The monoisotopic (exact) mass is 501 g/mol. The average Bonchev–Trinajstić information content (AvgIpc) is 3.53. The number of carbonyl (C=O) groups is 2. The highest BCUT2D eigenvalue weighted by Crippen LogP contribution is 2.51. The second-order valence-corrected chi connectivity index (χ2v) is 11.2. The molecule has 1 amide bonds. The molecule has 2 atom stereocenters. The first-order valence-corrected chi connectivity index (χ1v) is 12.9. The lowest BCUT2D eigenvalue weighted by atomic mass is 9.80. The van der Waals surface area contributed by atoms with Crippen LogP contribution in [0.5, 0.6) is 5.75 Å². The molecule has 1 unspecified atom stereocenters. The van der Waals surface area contributed by atoms with Crippen LogP contribution in [0.3, 0.4) is 0 Å². The van der Waals surface area contributed by atoms with Crippen molar-refractivity contribution in [1.29, 1.82) is 0 Å². The Balaban J connectivity index is 0.000000588. The number of nitrogens with zero attached hydrogens (tertiary/aromatic N) is 2. The summed E-state index contributed by atoms with van der Waals surface area (Å²) in [6.07, 6.45) is 3.66. The van der Waals surface area contributed by atoms with Gasteiger partial charge in [-0.25, -0.2) is 4.39 Å². The second kappa shape index (κ2) is 9.31. The molecule has 1 saturated carbocycles. The number of hydrogen-bond acceptors (Lipinski definition) is 7. The van der Waals surface area contributed by atoms with Gasteiger partial charge in [0.1, 0.15) is 11.6 Å². The quantitative estimate of drug-likeness (QED) is 0.416. The van der Waals surface area contributed by atoms with Crippen LogP contribution in [-0.4, -0.2) is 62.1 Å². The molecule has 1 aliphatic carbocycles. The van der Waals surface area contributed by atoms with Crippen LogP contribution in [0.4, 0.5) is 15.8 Å². The number of ether oxygens (including phenoxy) is 1. The number of carboxylic acids is 1. The number of hydrogen-bond donors (Lipinski definition) is 3. The number of anilines is 2. The maximum Gasteiger partial charge on any atom is 0.316 e. The Labute approximate surface area is 198 Å². The van der Waals surface area contributed by atoms with E-state index in [0.29, 0.717) is 24.1 Å². The lowest BCUT2D eigenvalue weighted by molar-refractivity contribution is -0.146. The molecule has 0 bridgehead atoms. The van der Waals surface area contributed by atoms with Gasteiger partial charge in [0.25, 0.3) is 10.1 Å². The molecular weight excluding hydrogens is 469 g/mol. The van der Waals surface area contributed by atoms with Gasteiger partial charge in [0.15, 0.2) is 11.6 Å². The Kier molecular flexibility index (Phi) is 7.16. The van der Waals surface area contributed by atoms with Crippen molar-refractivity contribution < 1.29 is 36.8 Å². The van der Waals surface area contributed by atoms with E-state index in [-0.39, 0.29) is 29.3 Å². The number of amides is 1. The summed E-state index contributed by atoms with van der Waals surface area (Å²) in [7, 11) is -2.21. The number of halogens is 1. The second-order valence-electron chi connectivity index (χ2n) is 9.75. The maximum atomic E-state index is 15.4. The van der Waals surface area contributed by atoms with Crippen LogP contribution in [0.25, 0.3) is 0 Å². The predicted molar refractivity (Wildman–Crippen MR) is 124 cm³/mol. The molecule has 0 radical (unpaired) electrons. The minimum absolute atomic E-state index is 0.0438. The van der Waals surface area contributed by atoms with Crippen molar-refractivity contribution in [2.45, 2.75) is 58.2 Å². The molecule has 2 fully saturated rings. The van der Waals surface area contributed by atoms with E-state index < -0.39 is 39.9 Å². The normalized spacial score (nSPS) is 24.1. The smallest absolute Gasteiger partial charge is 0.316 e. The number of carbonyl (C=O) groups excluding carboxylic acids is 1. The standard InChI is InChI=1S/C21H28FN3O4.CH4O3S/c1-21(2)7-4-8-24(20(21)23)16-14(22)10-11-9-13(19(27)28)18(26)25(12-5-6-12)15(11)17(16)29-3;1-5(2,3)4/h10,12-13,20H,4-9,23H2,1-3H3,(H,27,28);1H3,(H,2,3,4)/t13?,20-;/m0./s1. The summed E-state index contributed by atoms with van der Waals surface area (Å²) in [6, 6.07) is 1.29. The highest BCUT2D eigenvalue weighted by Gasteiger charge is 2.47. The molecule has 2 heterocycles. The average molecular weight is 502 g/mol. The molecule has 1 aromatic rings. The molecule has 10 nitrogen and oxygen atoms in total. The summed E-state index contributed by atoms with van der Waals surface area (Å²) in [5.74, 6) is -3.06. The van der Waals surface area contributed by atoms with Gasteiger partial charge in [-0.3, -0.25) is 14.1 Å². The number of fused-ring (bicyclic) bond motifs is 1. The van der Waals surface area contributed by atoms with Crippen LogP contribution in [0.15, 0.2) is 6.07 Å². The SMILES string of the molecule is COc1c2c(cc(F)c1N1CCCC(C)(C)[C@H]1N)CC(C(=O)O)C(=O)N2C1CC1.CS(=O)(=O)O. The van der Waals surface area contributed by atoms with Gasteiger partial charge in [-0.1, -0.05) is 13.8 Å². The maximum absolute atomic E-state index is 15.4. The van der Waals surface area contributed by atoms with Gasteiger partial charge in [0, 0.05) is 12.6 Å². The Hall–Kier alpha value is -2.44. The highest BCUT2D eigenvalue weighted by atomic mass is 32.2. The van der Waals surface area contributed by atoms with Crippen LogP contribution < -0.4 is 20.3 Å². The molecule has 1 aromatic carbocycles. The summed E-state index contributed by atoms with van der Waals surface area (Å²) < 4.78 is 46.9. The van der Waals surface area contributed by atoms with E-state index in [4.69, 9.17) is 15.0 Å². The first kappa shape index (κ1) is 26.2. The number of rotatable bonds is 4. The topological polar surface area (TPSA) is 150 Å². The van der Waals surface area contributed by atoms with Crippen LogP contribution in [-0.2, 0) is 26.1 Å². The Morgan fingerprint density at radius 2 is 1.88 bits per heavy atom. The zero-order chi connectivity index (χ0) is 25.6. The van der Waals surface area contributed by atoms with Crippen LogP contribution >= 0.6 is 0 Å². The number of benzene rings is 1. The molecule has 0 spiro atoms. The van der Waals surface area contributed by atoms with Crippen molar-refractivity contribution in [1.82, 2.24) is 0 Å². The molecule has 34 heavy (non-hydrogen) atoms. The third-order valence-electron chi connectivity index (χ3n) is 6.52. The van der Waals surface area contributed by atoms with Crippen molar-refractivity contribution in [3.05, 3.63) is 17.4 Å². The van der Waals surface area contributed by atoms with Crippen molar-refractivity contribution in [2.24, 2.45) is 17.1 Å². The fourth-order valence-electron chi connectivity index (χ4n) is 4.68. The molecule has 1 saturated heterocycles. The van der Waals surface area contributed by atoms with Gasteiger partial charge >= 0.3 is 5.97 Å². The van der Waals surface area contributed by atoms with Gasteiger partial charge in [-0.05, 0) is 49.1 Å². The third kappa shape index (κ3) is 5.28. The number of methoxy groups -OCH3 is 1. The van der Waals surface area contributed by atoms with Crippen molar-refractivity contribution >= 4 is 33.4 Å². The van der Waals surface area contributed by atoms with E-state index >= 15 is 4.39 Å². The van der Waals surface area contributed by atoms with E-state index in [1.165, 1.54) is 18.1 Å². The zero-order valence-electron chi connectivity index (χ0n) is 19.7. The van der Waals surface area contributed by atoms with E-state index in [1.807, 2.05) is 4.90 Å². The van der Waals surface area contributed by atoms with Crippen LogP contribution in [0.2, 0.25) is 0 Å². The van der Waals surface area contributed by atoms with Crippen LogP contribution in [0, 0.1) is 17.2 Å². The van der Waals surface area contributed by atoms with Crippen LogP contribution in [0.1, 0.15) is 45.1 Å². The molecular formula is C22H32FN3O7S. The first-order valence-electron chi connectivity index (χ1n) is 11.1. The molecule has 0 aromatic heterocycles. The summed E-state index contributed by atoms with van der Waals surface area (Å²) in [6.45, 7) is 4.71. The molecule has 4 N–H and O–H groups in total. The van der Waals surface area contributed by atoms with E-state index in [9.17, 15) is 23.1 Å². The van der Waals surface area contributed by atoms with Gasteiger partial charge < -0.3 is 25.4 Å². The molecule has 2 aliphatic heterocycles. The number of piperidine rings is 1. The van der Waals surface area contributed by atoms with Crippen molar-refractivity contribution in [2.75, 3.05) is 29.7 Å². The Morgan fingerprint density at radius 3 is 2.38 bits per heavy atom. The molecule has 190 valence electrons. The first-order chi connectivity index (χ1) is 15.7. The third-order valence-corrected chi connectivity index (χ3v) is 6.52. The van der Waals surface area contributed by atoms with Gasteiger partial charge in [-0.2, -0.15) is 8.42 Å². The number of aliphatic carboxylic acids is 1. The summed E-state index contributed by atoms with van der Waals surface area (Å²) in [5, 5.41) is 9.50. The summed E-state index contributed by atoms with van der Waals surface area (Å²) in [4.78, 5) is 28.0. The lowest BCUT2D eigenvalue weighted by Gasteiger charge is -2.46. The Morgan fingerprint density at radius 1 is 1.29 bits per heavy atom. The van der Waals surface area contributed by atoms with E-state index in [0.717, 1.165) is 25.7 Å². The van der Waals surface area contributed by atoms with Crippen molar-refractivity contribution in [3.63, 3.8) is 0 Å². The van der Waals surface area contributed by atoms with Gasteiger partial charge in [-0.15, -0.1) is 0 Å². The van der Waals surface area contributed by atoms with E-state index in [1.54, 1.807) is 0 Å². The van der Waals surface area contributed by atoms with E-state index in [2.05, 4.69) is 13.8 Å². The highest BCUT2D eigenvalue weighted by molar-refractivity contribution is 7.85. The van der Waals surface area contributed by atoms with Gasteiger partial charge in [0.05, 0.1) is 25.2 Å². The Bertz CT molecular complexity index is 1080. The number of nitrogens with two attached hydrogens (primary N) is 1. The number of carboxylic acid groups (broad SMARTS) is 1. The predicted octanol–water partition coefficient (Wildman–Crippen LogP) is 2.00. The fraction of sp³-hybridized carbons (Fsp3) is 0.636. The molecule has 3 aliphatic rings. The summed E-state index contributed by atoms with van der Waals surface area (Å²) in [5.41, 5.74) is 7.56. The largest absolute Gasteiger partial charge is 0.492 e.